The Morgan fingerprint density at radius 1 is 1.25 bits per heavy atom. The van der Waals surface area contributed by atoms with Crippen molar-refractivity contribution in [3.63, 3.8) is 0 Å². The van der Waals surface area contributed by atoms with E-state index in [1.165, 1.54) is 17.7 Å². The number of carbonyl (C=O) groups excluding carboxylic acids is 2. The van der Waals surface area contributed by atoms with Crippen LogP contribution in [-0.4, -0.2) is 36.3 Å². The monoisotopic (exact) mass is 434 g/mol. The SMILES string of the molecule is Cc1cc(F)c(C(=O)CC2CCN(CCc3ccc4c(c3C)COC4=O)CC2)cc1C#N. The number of ketones is 1. The highest BCUT2D eigenvalue weighted by Gasteiger charge is 2.26. The number of cyclic esters (lactones) is 1. The second-order valence-corrected chi connectivity index (χ2v) is 8.87. The first kappa shape index (κ1) is 22.2. The van der Waals surface area contributed by atoms with Crippen molar-refractivity contribution in [2.75, 3.05) is 19.6 Å². The number of carbonyl (C=O) groups is 2. The smallest absolute Gasteiger partial charge is 0.338 e. The van der Waals surface area contributed by atoms with Gasteiger partial charge in [0.2, 0.25) is 0 Å². The molecule has 0 radical (unpaired) electrons. The molecule has 0 saturated carbocycles. The third-order valence-corrected chi connectivity index (χ3v) is 6.89. The number of benzene rings is 2. The fraction of sp³-hybridized carbons (Fsp3) is 0.423. The number of aryl methyl sites for hydroxylation is 1. The van der Waals surface area contributed by atoms with Crippen molar-refractivity contribution in [2.45, 2.75) is 46.1 Å². The van der Waals surface area contributed by atoms with E-state index in [1.807, 2.05) is 18.2 Å². The maximum Gasteiger partial charge on any atom is 0.338 e. The summed E-state index contributed by atoms with van der Waals surface area (Å²) >= 11 is 0. The first-order valence-electron chi connectivity index (χ1n) is 11.1. The second kappa shape index (κ2) is 9.22. The lowest BCUT2D eigenvalue weighted by Crippen LogP contribution is -2.35. The van der Waals surface area contributed by atoms with Crippen LogP contribution in [0.5, 0.6) is 0 Å². The molecule has 0 N–H and O–H groups in total. The van der Waals surface area contributed by atoms with Crippen LogP contribution in [0, 0.1) is 36.9 Å². The van der Waals surface area contributed by atoms with E-state index >= 15 is 0 Å². The van der Waals surface area contributed by atoms with Gasteiger partial charge in [-0.1, -0.05) is 6.07 Å². The molecule has 0 atom stereocenters. The summed E-state index contributed by atoms with van der Waals surface area (Å²) in [5.74, 6) is -0.765. The second-order valence-electron chi connectivity index (χ2n) is 8.87. The van der Waals surface area contributed by atoms with Gasteiger partial charge in [-0.3, -0.25) is 4.79 Å². The molecule has 6 heteroatoms. The van der Waals surface area contributed by atoms with Crippen LogP contribution in [0.2, 0.25) is 0 Å². The minimum atomic E-state index is -0.541. The molecule has 2 aromatic rings. The molecule has 166 valence electrons. The Hall–Kier alpha value is -3.04. The first-order chi connectivity index (χ1) is 15.4. The van der Waals surface area contributed by atoms with Crippen LogP contribution in [0.25, 0.3) is 0 Å². The van der Waals surface area contributed by atoms with Crippen LogP contribution in [0.3, 0.4) is 0 Å². The molecule has 0 aromatic heterocycles. The highest BCUT2D eigenvalue weighted by Crippen LogP contribution is 2.28. The molecular formula is C26H27FN2O3. The molecule has 2 aromatic carbocycles. The summed E-state index contributed by atoms with van der Waals surface area (Å²) < 4.78 is 19.4. The summed E-state index contributed by atoms with van der Waals surface area (Å²) in [6.07, 6.45) is 3.02. The fourth-order valence-electron chi connectivity index (χ4n) is 4.74. The lowest BCUT2D eigenvalue weighted by Gasteiger charge is -2.32. The van der Waals surface area contributed by atoms with Gasteiger partial charge in [0.1, 0.15) is 12.4 Å². The lowest BCUT2D eigenvalue weighted by atomic mass is 9.88. The molecule has 0 bridgehead atoms. The predicted molar refractivity (Wildman–Crippen MR) is 118 cm³/mol. The van der Waals surface area contributed by atoms with E-state index in [9.17, 15) is 14.0 Å². The summed E-state index contributed by atoms with van der Waals surface area (Å²) in [6, 6.07) is 8.58. The Morgan fingerprint density at radius 3 is 2.72 bits per heavy atom. The van der Waals surface area contributed by atoms with Gasteiger partial charge in [-0.2, -0.15) is 5.26 Å². The van der Waals surface area contributed by atoms with Crippen LogP contribution in [0.1, 0.15) is 67.8 Å². The van der Waals surface area contributed by atoms with Crippen molar-refractivity contribution in [2.24, 2.45) is 5.92 Å². The van der Waals surface area contributed by atoms with Crippen molar-refractivity contribution < 1.29 is 18.7 Å². The first-order valence-corrected chi connectivity index (χ1v) is 11.1. The molecule has 4 rings (SSSR count). The largest absolute Gasteiger partial charge is 0.457 e. The molecule has 0 spiro atoms. The Labute approximate surface area is 187 Å². The number of hydrogen-bond acceptors (Lipinski definition) is 5. The van der Waals surface area contributed by atoms with Crippen molar-refractivity contribution in [3.05, 3.63) is 69.0 Å². The Bertz CT molecular complexity index is 1110. The van der Waals surface area contributed by atoms with Crippen LogP contribution >= 0.6 is 0 Å². The number of hydrogen-bond donors (Lipinski definition) is 0. The lowest BCUT2D eigenvalue weighted by molar-refractivity contribution is 0.0534. The molecule has 0 amide bonds. The van der Waals surface area contributed by atoms with Gasteiger partial charge < -0.3 is 9.64 Å². The minimum Gasteiger partial charge on any atom is -0.457 e. The van der Waals surface area contributed by atoms with Gasteiger partial charge in [0.05, 0.1) is 22.8 Å². The van der Waals surface area contributed by atoms with Crippen molar-refractivity contribution >= 4 is 11.8 Å². The van der Waals surface area contributed by atoms with Crippen molar-refractivity contribution in [1.29, 1.82) is 5.26 Å². The molecule has 2 heterocycles. The minimum absolute atomic E-state index is 0.0316. The van der Waals surface area contributed by atoms with E-state index in [-0.39, 0.29) is 23.2 Å². The number of nitrogens with zero attached hydrogens (tertiary/aromatic N) is 2. The maximum atomic E-state index is 14.3. The molecular weight excluding hydrogens is 407 g/mol. The zero-order chi connectivity index (χ0) is 22.8. The number of nitriles is 1. The van der Waals surface area contributed by atoms with Gasteiger partial charge in [-0.25, -0.2) is 9.18 Å². The predicted octanol–water partition coefficient (Wildman–Crippen LogP) is 4.51. The van der Waals surface area contributed by atoms with E-state index in [0.717, 1.165) is 50.0 Å². The van der Waals surface area contributed by atoms with Gasteiger partial charge in [0, 0.05) is 18.5 Å². The Balaban J connectivity index is 1.29. The molecule has 1 fully saturated rings. The van der Waals surface area contributed by atoms with E-state index in [1.54, 1.807) is 6.92 Å². The third-order valence-electron chi connectivity index (χ3n) is 6.89. The number of ether oxygens (including phenoxy) is 1. The number of piperidine rings is 1. The summed E-state index contributed by atoms with van der Waals surface area (Å²) in [5.41, 5.74) is 5.00. The average Bonchev–Trinajstić information content (AvgIpc) is 3.16. The third kappa shape index (κ3) is 4.44. The van der Waals surface area contributed by atoms with E-state index in [2.05, 4.69) is 11.8 Å². The number of likely N-dealkylation sites (tertiary alicyclic amines) is 1. The fourth-order valence-corrected chi connectivity index (χ4v) is 4.74. The van der Waals surface area contributed by atoms with Crippen molar-refractivity contribution in [1.82, 2.24) is 4.90 Å². The number of Topliss-reactive ketones (excluding diaryl/α,β-unsaturated/α-hetero) is 1. The average molecular weight is 435 g/mol. The molecule has 2 aliphatic rings. The van der Waals surface area contributed by atoms with Crippen LogP contribution in [0.4, 0.5) is 4.39 Å². The quantitative estimate of drug-likeness (QED) is 0.494. The summed E-state index contributed by atoms with van der Waals surface area (Å²) in [6.45, 7) is 6.82. The standard InChI is InChI=1S/C26H27FN2O3/c1-16-11-24(27)22(13-20(16)14-28)25(30)12-18-5-8-29(9-6-18)10-7-19-3-4-21-23(17(19)2)15-32-26(21)31/h3-4,11,13,18H,5-10,12,15H2,1-2H3. The molecule has 32 heavy (non-hydrogen) atoms. The van der Waals surface area contributed by atoms with E-state index < -0.39 is 5.82 Å². The molecule has 0 unspecified atom stereocenters. The topological polar surface area (TPSA) is 70.4 Å². The zero-order valence-electron chi connectivity index (χ0n) is 18.5. The van der Waals surface area contributed by atoms with Gasteiger partial charge >= 0.3 is 5.97 Å². The number of halogens is 1. The molecule has 0 aliphatic carbocycles. The van der Waals surface area contributed by atoms with E-state index in [4.69, 9.17) is 10.00 Å². The van der Waals surface area contributed by atoms with E-state index in [0.29, 0.717) is 29.7 Å². The number of fused-ring (bicyclic) bond motifs is 1. The molecule has 1 saturated heterocycles. The highest BCUT2D eigenvalue weighted by molar-refractivity contribution is 5.97. The zero-order valence-corrected chi connectivity index (χ0v) is 18.5. The number of rotatable bonds is 6. The van der Waals surface area contributed by atoms with Gasteiger partial charge in [0.15, 0.2) is 5.78 Å². The van der Waals surface area contributed by atoms with Crippen LogP contribution in [-0.2, 0) is 17.8 Å². The number of esters is 1. The van der Waals surface area contributed by atoms with Gasteiger partial charge in [-0.15, -0.1) is 0 Å². The molecule has 2 aliphatic heterocycles. The maximum absolute atomic E-state index is 14.3. The summed E-state index contributed by atoms with van der Waals surface area (Å²) in [7, 11) is 0. The summed E-state index contributed by atoms with van der Waals surface area (Å²) in [4.78, 5) is 26.8. The Kier molecular flexibility index (Phi) is 6.38. The normalized spacial score (nSPS) is 16.5. The molecule has 5 nitrogen and oxygen atoms in total. The van der Waals surface area contributed by atoms with Crippen LogP contribution < -0.4 is 0 Å². The summed E-state index contributed by atoms with van der Waals surface area (Å²) in [5, 5.41) is 9.16. The van der Waals surface area contributed by atoms with Gasteiger partial charge in [0.25, 0.3) is 0 Å². The highest BCUT2D eigenvalue weighted by atomic mass is 19.1. The van der Waals surface area contributed by atoms with Crippen molar-refractivity contribution in [3.8, 4) is 6.07 Å². The Morgan fingerprint density at radius 2 is 2.00 bits per heavy atom. The van der Waals surface area contributed by atoms with Gasteiger partial charge in [-0.05, 0) is 87.0 Å². The van der Waals surface area contributed by atoms with Crippen LogP contribution in [0.15, 0.2) is 24.3 Å².